The summed E-state index contributed by atoms with van der Waals surface area (Å²) in [7, 11) is 4.79. The van der Waals surface area contributed by atoms with Crippen LogP contribution >= 0.6 is 0 Å². The molecule has 0 amide bonds. The smallest absolute Gasteiger partial charge is 0.326 e. The van der Waals surface area contributed by atoms with Gasteiger partial charge in [0.1, 0.15) is 0 Å². The number of fused-ring (bicyclic) bond motifs is 2. The van der Waals surface area contributed by atoms with Crippen LogP contribution in [0.2, 0.25) is 0 Å². The summed E-state index contributed by atoms with van der Waals surface area (Å²) in [6.07, 6.45) is 1.70. The maximum absolute atomic E-state index is 12.7. The number of ether oxygens (including phenoxy) is 3. The number of imidazole rings is 1. The maximum atomic E-state index is 12.7. The third kappa shape index (κ3) is 3.40. The van der Waals surface area contributed by atoms with Crippen molar-refractivity contribution in [1.29, 1.82) is 0 Å². The average molecular weight is 454 g/mol. The lowest BCUT2D eigenvalue weighted by Crippen LogP contribution is -2.49. The maximum Gasteiger partial charge on any atom is 0.326 e. The number of likely N-dealkylation sites (tertiary alicyclic amines) is 1. The molecule has 0 spiro atoms. The molecular weight excluding hydrogens is 422 g/mol. The Hall–Kier alpha value is -2.97. The summed E-state index contributed by atoms with van der Waals surface area (Å²) in [6, 6.07) is 9.95. The second kappa shape index (κ2) is 8.43. The molecule has 2 unspecified atom stereocenters. The van der Waals surface area contributed by atoms with Gasteiger partial charge in [0.05, 0.1) is 38.5 Å². The first-order chi connectivity index (χ1) is 16.0. The SMILES string of the molecule is COc1cc2c(c(OC)c1OC)C[C@H](N1CCC(n3c(=O)[nH]c4ccccc43)CC1C)[C@@H]2O. The molecule has 176 valence electrons. The summed E-state index contributed by atoms with van der Waals surface area (Å²) in [6.45, 7) is 2.98. The summed E-state index contributed by atoms with van der Waals surface area (Å²) < 4.78 is 18.6. The van der Waals surface area contributed by atoms with Crippen LogP contribution in [0, 0.1) is 0 Å². The van der Waals surface area contributed by atoms with E-state index in [1.54, 1.807) is 21.3 Å². The molecule has 0 saturated carbocycles. The lowest BCUT2D eigenvalue weighted by molar-refractivity contribution is 0.0110. The number of aliphatic hydroxyl groups excluding tert-OH is 1. The van der Waals surface area contributed by atoms with Gasteiger partial charge in [0, 0.05) is 30.2 Å². The second-order valence-corrected chi connectivity index (χ2v) is 9.01. The first-order valence-electron chi connectivity index (χ1n) is 11.4. The van der Waals surface area contributed by atoms with Crippen LogP contribution in [0.3, 0.4) is 0 Å². The highest BCUT2D eigenvalue weighted by atomic mass is 16.5. The van der Waals surface area contributed by atoms with Gasteiger partial charge in [0.2, 0.25) is 5.75 Å². The molecule has 1 fully saturated rings. The van der Waals surface area contributed by atoms with Gasteiger partial charge in [0.15, 0.2) is 11.5 Å². The minimum atomic E-state index is -0.650. The minimum absolute atomic E-state index is 0.0564. The molecule has 8 nitrogen and oxygen atoms in total. The highest BCUT2D eigenvalue weighted by Gasteiger charge is 2.42. The first kappa shape index (κ1) is 21.9. The van der Waals surface area contributed by atoms with Gasteiger partial charge >= 0.3 is 5.69 Å². The van der Waals surface area contributed by atoms with Gasteiger partial charge in [-0.1, -0.05) is 12.1 Å². The topological polar surface area (TPSA) is 89.0 Å². The summed E-state index contributed by atoms with van der Waals surface area (Å²) in [5.74, 6) is 1.73. The van der Waals surface area contributed by atoms with E-state index in [2.05, 4.69) is 16.8 Å². The van der Waals surface area contributed by atoms with Crippen LogP contribution in [0.25, 0.3) is 11.0 Å². The standard InChI is InChI=1S/C25H31N3O5/c1-14-11-15(28-19-8-6-5-7-18(19)26-25(28)30)9-10-27(14)20-12-17-16(22(20)29)13-21(31-2)24(33-4)23(17)32-3/h5-8,13-15,20,22,29H,9-12H2,1-4H3,(H,26,30)/t14?,15?,20-,22+/m0/s1. The van der Waals surface area contributed by atoms with Gasteiger partial charge in [-0.3, -0.25) is 9.47 Å². The van der Waals surface area contributed by atoms with E-state index in [9.17, 15) is 9.90 Å². The van der Waals surface area contributed by atoms with Crippen LogP contribution in [-0.2, 0) is 6.42 Å². The molecule has 1 saturated heterocycles. The summed E-state index contributed by atoms with van der Waals surface area (Å²) in [4.78, 5) is 18.0. The number of aromatic nitrogens is 2. The fraction of sp³-hybridized carbons (Fsp3) is 0.480. The number of methoxy groups -OCH3 is 3. The minimum Gasteiger partial charge on any atom is -0.493 e. The highest BCUT2D eigenvalue weighted by molar-refractivity contribution is 5.75. The van der Waals surface area contributed by atoms with Gasteiger partial charge < -0.3 is 24.3 Å². The van der Waals surface area contributed by atoms with E-state index in [0.717, 1.165) is 41.5 Å². The van der Waals surface area contributed by atoms with Crippen LogP contribution in [0.15, 0.2) is 35.1 Å². The molecule has 2 aromatic carbocycles. The number of rotatable bonds is 5. The normalized spacial score (nSPS) is 25.2. The van der Waals surface area contributed by atoms with Crippen LogP contribution in [-0.4, -0.2) is 59.5 Å². The largest absolute Gasteiger partial charge is 0.493 e. The van der Waals surface area contributed by atoms with Crippen molar-refractivity contribution >= 4 is 11.0 Å². The van der Waals surface area contributed by atoms with Gasteiger partial charge in [-0.05, 0) is 49.9 Å². The number of piperidine rings is 1. The van der Waals surface area contributed by atoms with Crippen LogP contribution in [0.5, 0.6) is 17.2 Å². The molecule has 5 rings (SSSR count). The van der Waals surface area contributed by atoms with E-state index in [1.165, 1.54) is 0 Å². The number of hydrogen-bond donors (Lipinski definition) is 2. The van der Waals surface area contributed by atoms with Gasteiger partial charge in [-0.15, -0.1) is 0 Å². The van der Waals surface area contributed by atoms with E-state index >= 15 is 0 Å². The van der Waals surface area contributed by atoms with Gasteiger partial charge in [-0.25, -0.2) is 4.79 Å². The van der Waals surface area contributed by atoms with Crippen LogP contribution in [0.4, 0.5) is 0 Å². The third-order valence-electron chi connectivity index (χ3n) is 7.38. The zero-order chi connectivity index (χ0) is 23.3. The zero-order valence-corrected chi connectivity index (χ0v) is 19.5. The van der Waals surface area contributed by atoms with E-state index in [1.807, 2.05) is 34.9 Å². The Morgan fingerprint density at radius 1 is 1.09 bits per heavy atom. The monoisotopic (exact) mass is 453 g/mol. The average Bonchev–Trinajstić information content (AvgIpc) is 3.33. The van der Waals surface area contributed by atoms with Crippen LogP contribution < -0.4 is 19.9 Å². The molecule has 2 N–H and O–H groups in total. The summed E-state index contributed by atoms with van der Waals surface area (Å²) >= 11 is 0. The Bertz CT molecular complexity index is 1230. The Morgan fingerprint density at radius 3 is 2.55 bits per heavy atom. The fourth-order valence-electron chi connectivity index (χ4n) is 5.87. The van der Waals surface area contributed by atoms with Crippen molar-refractivity contribution in [3.63, 3.8) is 0 Å². The predicted molar refractivity (Wildman–Crippen MR) is 126 cm³/mol. The Labute approximate surface area is 192 Å². The molecular formula is C25H31N3O5. The zero-order valence-electron chi connectivity index (χ0n) is 19.5. The van der Waals surface area contributed by atoms with Crippen molar-refractivity contribution in [2.24, 2.45) is 0 Å². The number of nitrogens with zero attached hydrogens (tertiary/aromatic N) is 2. The molecule has 0 bridgehead atoms. The number of aromatic amines is 1. The molecule has 1 aliphatic carbocycles. The quantitative estimate of drug-likeness (QED) is 0.617. The van der Waals surface area contributed by atoms with E-state index < -0.39 is 6.10 Å². The molecule has 2 aliphatic rings. The molecule has 8 heteroatoms. The fourth-order valence-corrected chi connectivity index (χ4v) is 5.87. The molecule has 2 heterocycles. The van der Waals surface area contributed by atoms with Crippen molar-refractivity contribution in [2.75, 3.05) is 27.9 Å². The summed E-state index contributed by atoms with van der Waals surface area (Å²) in [5, 5.41) is 11.3. The number of benzene rings is 2. The van der Waals surface area contributed by atoms with Crippen molar-refractivity contribution in [3.05, 3.63) is 51.9 Å². The predicted octanol–water partition coefficient (Wildman–Crippen LogP) is 3.04. The molecule has 1 aliphatic heterocycles. The molecule has 0 radical (unpaired) electrons. The number of para-hydroxylation sites is 2. The second-order valence-electron chi connectivity index (χ2n) is 9.01. The molecule has 4 atom stereocenters. The van der Waals surface area contributed by atoms with Crippen molar-refractivity contribution < 1.29 is 19.3 Å². The van der Waals surface area contributed by atoms with Crippen molar-refractivity contribution in [2.45, 2.75) is 50.4 Å². The van der Waals surface area contributed by atoms with Gasteiger partial charge in [-0.2, -0.15) is 0 Å². The number of H-pyrrole nitrogens is 1. The molecule has 1 aromatic heterocycles. The number of hydrogen-bond acceptors (Lipinski definition) is 6. The van der Waals surface area contributed by atoms with Crippen LogP contribution in [0.1, 0.15) is 43.0 Å². The van der Waals surface area contributed by atoms with E-state index in [0.29, 0.717) is 23.7 Å². The lowest BCUT2D eigenvalue weighted by atomic mass is 9.94. The molecule has 3 aromatic rings. The highest BCUT2D eigenvalue weighted by Crippen LogP contribution is 2.49. The Kier molecular flexibility index (Phi) is 5.58. The van der Waals surface area contributed by atoms with E-state index in [-0.39, 0.29) is 23.8 Å². The third-order valence-corrected chi connectivity index (χ3v) is 7.38. The number of nitrogens with one attached hydrogen (secondary N) is 1. The first-order valence-corrected chi connectivity index (χ1v) is 11.4. The van der Waals surface area contributed by atoms with E-state index in [4.69, 9.17) is 14.2 Å². The van der Waals surface area contributed by atoms with Crippen molar-refractivity contribution in [1.82, 2.24) is 14.5 Å². The molecule has 33 heavy (non-hydrogen) atoms. The van der Waals surface area contributed by atoms with Gasteiger partial charge in [0.25, 0.3) is 0 Å². The summed E-state index contributed by atoms with van der Waals surface area (Å²) in [5.41, 5.74) is 3.56. The van der Waals surface area contributed by atoms with Crippen molar-refractivity contribution in [3.8, 4) is 17.2 Å². The Morgan fingerprint density at radius 2 is 1.85 bits per heavy atom. The number of aliphatic hydroxyl groups is 1. The lowest BCUT2D eigenvalue weighted by Gasteiger charge is -2.42. The Balaban J connectivity index is 1.41.